The SMILES string of the molecule is CC1CN(C(=O)C(C)(C)c2ccc(Br)cc2)CCN1. The molecule has 19 heavy (non-hydrogen) atoms. The number of benzene rings is 1. The number of nitrogens with zero attached hydrogens (tertiary/aromatic N) is 1. The predicted molar refractivity (Wildman–Crippen MR) is 81.2 cm³/mol. The molecule has 2 rings (SSSR count). The van der Waals surface area contributed by atoms with Gasteiger partial charge in [0.15, 0.2) is 0 Å². The Kier molecular flexibility index (Phi) is 4.31. The van der Waals surface area contributed by atoms with Crippen LogP contribution in [0.25, 0.3) is 0 Å². The van der Waals surface area contributed by atoms with Crippen molar-refractivity contribution in [3.63, 3.8) is 0 Å². The summed E-state index contributed by atoms with van der Waals surface area (Å²) in [6, 6.07) is 8.40. The third kappa shape index (κ3) is 3.18. The van der Waals surface area contributed by atoms with E-state index in [2.05, 4.69) is 28.2 Å². The van der Waals surface area contributed by atoms with Crippen LogP contribution in [0, 0.1) is 0 Å². The number of carbonyl (C=O) groups is 1. The van der Waals surface area contributed by atoms with Crippen LogP contribution >= 0.6 is 15.9 Å². The average molecular weight is 325 g/mol. The van der Waals surface area contributed by atoms with Crippen LogP contribution in [0.15, 0.2) is 28.7 Å². The number of carbonyl (C=O) groups excluding carboxylic acids is 1. The van der Waals surface area contributed by atoms with E-state index in [0.717, 1.165) is 29.7 Å². The highest BCUT2D eigenvalue weighted by Crippen LogP contribution is 2.27. The number of piperazine rings is 1. The minimum atomic E-state index is -0.474. The molecule has 1 saturated heterocycles. The largest absolute Gasteiger partial charge is 0.339 e. The molecule has 3 nitrogen and oxygen atoms in total. The van der Waals surface area contributed by atoms with E-state index in [0.29, 0.717) is 6.04 Å². The van der Waals surface area contributed by atoms with Crippen molar-refractivity contribution >= 4 is 21.8 Å². The molecule has 0 aliphatic carbocycles. The summed E-state index contributed by atoms with van der Waals surface area (Å²) in [5, 5.41) is 3.37. The normalized spacial score (nSPS) is 20.4. The molecule has 0 radical (unpaired) electrons. The van der Waals surface area contributed by atoms with Gasteiger partial charge >= 0.3 is 0 Å². The maximum Gasteiger partial charge on any atom is 0.232 e. The van der Waals surface area contributed by atoms with Gasteiger partial charge in [-0.05, 0) is 38.5 Å². The number of amides is 1. The van der Waals surface area contributed by atoms with Crippen molar-refractivity contribution in [3.8, 4) is 0 Å². The average Bonchev–Trinajstić information content (AvgIpc) is 2.38. The number of hydrogen-bond acceptors (Lipinski definition) is 2. The van der Waals surface area contributed by atoms with Gasteiger partial charge in [-0.25, -0.2) is 0 Å². The van der Waals surface area contributed by atoms with Gasteiger partial charge < -0.3 is 10.2 Å². The van der Waals surface area contributed by atoms with Crippen LogP contribution < -0.4 is 5.32 Å². The fourth-order valence-corrected chi connectivity index (χ4v) is 2.77. The zero-order valence-electron chi connectivity index (χ0n) is 11.7. The quantitative estimate of drug-likeness (QED) is 0.906. The maximum atomic E-state index is 12.7. The minimum Gasteiger partial charge on any atom is -0.339 e. The van der Waals surface area contributed by atoms with E-state index in [9.17, 15) is 4.79 Å². The fraction of sp³-hybridized carbons (Fsp3) is 0.533. The number of halogens is 1. The second-order valence-electron chi connectivity index (χ2n) is 5.74. The summed E-state index contributed by atoms with van der Waals surface area (Å²) < 4.78 is 1.04. The van der Waals surface area contributed by atoms with Crippen LogP contribution in [0.3, 0.4) is 0 Å². The molecule has 104 valence electrons. The molecule has 0 spiro atoms. The second-order valence-corrected chi connectivity index (χ2v) is 6.65. The standard InChI is InChI=1S/C15H21BrN2O/c1-11-10-18(9-8-17-11)14(19)15(2,3)12-4-6-13(16)7-5-12/h4-7,11,17H,8-10H2,1-3H3. The molecule has 4 heteroatoms. The molecular formula is C15H21BrN2O. The summed E-state index contributed by atoms with van der Waals surface area (Å²) in [5.74, 6) is 0.211. The molecule has 1 fully saturated rings. The van der Waals surface area contributed by atoms with Crippen molar-refractivity contribution in [3.05, 3.63) is 34.3 Å². The highest BCUT2D eigenvalue weighted by molar-refractivity contribution is 9.10. The lowest BCUT2D eigenvalue weighted by molar-refractivity contribution is -0.137. The summed E-state index contributed by atoms with van der Waals surface area (Å²) in [7, 11) is 0. The van der Waals surface area contributed by atoms with Crippen LogP contribution in [0.5, 0.6) is 0 Å². The van der Waals surface area contributed by atoms with Gasteiger partial charge in [0.1, 0.15) is 0 Å². The molecule has 0 bridgehead atoms. The van der Waals surface area contributed by atoms with Crippen LogP contribution in [-0.4, -0.2) is 36.5 Å². The Morgan fingerprint density at radius 3 is 2.58 bits per heavy atom. The lowest BCUT2D eigenvalue weighted by Crippen LogP contribution is -2.55. The van der Waals surface area contributed by atoms with Crippen molar-refractivity contribution < 1.29 is 4.79 Å². The summed E-state index contributed by atoms with van der Waals surface area (Å²) in [5.41, 5.74) is 0.587. The van der Waals surface area contributed by atoms with Gasteiger partial charge in [0.05, 0.1) is 5.41 Å². The minimum absolute atomic E-state index is 0.211. The third-order valence-corrected chi connectivity index (χ3v) is 4.29. The van der Waals surface area contributed by atoms with E-state index < -0.39 is 5.41 Å². The Morgan fingerprint density at radius 2 is 2.00 bits per heavy atom. The van der Waals surface area contributed by atoms with Crippen LogP contribution in [0.1, 0.15) is 26.3 Å². The molecular weight excluding hydrogens is 304 g/mol. The first kappa shape index (κ1) is 14.5. The van der Waals surface area contributed by atoms with E-state index in [1.54, 1.807) is 0 Å². The van der Waals surface area contributed by atoms with Gasteiger partial charge in [-0.1, -0.05) is 28.1 Å². The van der Waals surface area contributed by atoms with E-state index in [1.807, 2.05) is 43.0 Å². The van der Waals surface area contributed by atoms with Crippen LogP contribution in [-0.2, 0) is 10.2 Å². The lowest BCUT2D eigenvalue weighted by atomic mass is 9.83. The predicted octanol–water partition coefficient (Wildman–Crippen LogP) is 2.55. The number of nitrogens with one attached hydrogen (secondary N) is 1. The summed E-state index contributed by atoms with van der Waals surface area (Å²) in [6.07, 6.45) is 0. The number of rotatable bonds is 2. The van der Waals surface area contributed by atoms with E-state index in [4.69, 9.17) is 0 Å². The van der Waals surface area contributed by atoms with Crippen molar-refractivity contribution in [1.82, 2.24) is 10.2 Å². The highest BCUT2D eigenvalue weighted by Gasteiger charge is 2.35. The van der Waals surface area contributed by atoms with E-state index in [-0.39, 0.29) is 5.91 Å². The molecule has 0 aromatic heterocycles. The molecule has 1 atom stereocenters. The molecule has 1 aliphatic rings. The van der Waals surface area contributed by atoms with E-state index in [1.165, 1.54) is 0 Å². The van der Waals surface area contributed by atoms with Crippen molar-refractivity contribution in [2.24, 2.45) is 0 Å². The van der Waals surface area contributed by atoms with Crippen molar-refractivity contribution in [2.75, 3.05) is 19.6 Å². The first-order valence-corrected chi connectivity index (χ1v) is 7.49. The topological polar surface area (TPSA) is 32.3 Å². The van der Waals surface area contributed by atoms with Gasteiger partial charge in [-0.2, -0.15) is 0 Å². The first-order valence-electron chi connectivity index (χ1n) is 6.70. The molecule has 1 unspecified atom stereocenters. The Hall–Kier alpha value is -0.870. The molecule has 1 N–H and O–H groups in total. The Labute approximate surface area is 123 Å². The zero-order valence-corrected chi connectivity index (χ0v) is 13.3. The Bertz CT molecular complexity index is 456. The summed E-state index contributed by atoms with van der Waals surface area (Å²) >= 11 is 3.43. The van der Waals surface area contributed by atoms with E-state index >= 15 is 0 Å². The Morgan fingerprint density at radius 1 is 1.37 bits per heavy atom. The van der Waals surface area contributed by atoms with Gasteiger partial charge in [0.25, 0.3) is 0 Å². The molecule has 1 aliphatic heterocycles. The second kappa shape index (κ2) is 5.63. The molecule has 1 amide bonds. The zero-order chi connectivity index (χ0) is 14.0. The molecule has 1 heterocycles. The van der Waals surface area contributed by atoms with Crippen molar-refractivity contribution in [1.29, 1.82) is 0 Å². The molecule has 0 saturated carbocycles. The highest BCUT2D eigenvalue weighted by atomic mass is 79.9. The van der Waals surface area contributed by atoms with Crippen molar-refractivity contribution in [2.45, 2.75) is 32.2 Å². The van der Waals surface area contributed by atoms with Gasteiger partial charge in [-0.15, -0.1) is 0 Å². The lowest BCUT2D eigenvalue weighted by Gasteiger charge is -2.37. The molecule has 1 aromatic carbocycles. The molecule has 1 aromatic rings. The van der Waals surface area contributed by atoms with Gasteiger partial charge in [-0.3, -0.25) is 4.79 Å². The first-order chi connectivity index (χ1) is 8.91. The summed E-state index contributed by atoms with van der Waals surface area (Å²) in [4.78, 5) is 14.7. The summed E-state index contributed by atoms with van der Waals surface area (Å²) in [6.45, 7) is 8.59. The van der Waals surface area contributed by atoms with Gasteiger partial charge in [0, 0.05) is 30.1 Å². The maximum absolute atomic E-state index is 12.7. The number of hydrogen-bond donors (Lipinski definition) is 1. The monoisotopic (exact) mass is 324 g/mol. The van der Waals surface area contributed by atoms with Gasteiger partial charge in [0.2, 0.25) is 5.91 Å². The van der Waals surface area contributed by atoms with Crippen LogP contribution in [0.2, 0.25) is 0 Å². The fourth-order valence-electron chi connectivity index (χ4n) is 2.50. The third-order valence-electron chi connectivity index (χ3n) is 3.76. The smallest absolute Gasteiger partial charge is 0.232 e. The Balaban J connectivity index is 2.18. The van der Waals surface area contributed by atoms with Crippen LogP contribution in [0.4, 0.5) is 0 Å².